The van der Waals surface area contributed by atoms with Gasteiger partial charge in [-0.3, -0.25) is 14.9 Å². The van der Waals surface area contributed by atoms with E-state index in [1.807, 2.05) is 6.92 Å². The number of carbonyl (C=O) groups is 1. The second-order valence-corrected chi connectivity index (χ2v) is 3.55. The molecule has 1 atom stereocenters. The van der Waals surface area contributed by atoms with Crippen LogP contribution in [-0.4, -0.2) is 28.6 Å². The SMILES string of the molecule is CCCC(O)CNC(=O)c1ccc([N+](=O)[O-])o1. The Bertz CT molecular complexity index is 401. The van der Waals surface area contributed by atoms with Gasteiger partial charge in [0.15, 0.2) is 5.76 Å². The van der Waals surface area contributed by atoms with E-state index in [9.17, 15) is 20.0 Å². The number of aliphatic hydroxyl groups excluding tert-OH is 1. The van der Waals surface area contributed by atoms with Gasteiger partial charge >= 0.3 is 5.88 Å². The molecular weight excluding hydrogens is 228 g/mol. The third-order valence-electron chi connectivity index (χ3n) is 2.12. The molecule has 1 amide bonds. The van der Waals surface area contributed by atoms with Crippen molar-refractivity contribution in [3.8, 4) is 0 Å². The van der Waals surface area contributed by atoms with Gasteiger partial charge in [-0.05, 0) is 12.5 Å². The summed E-state index contributed by atoms with van der Waals surface area (Å²) in [6, 6.07) is 2.33. The number of furan rings is 1. The minimum atomic E-state index is -0.720. The van der Waals surface area contributed by atoms with Crippen molar-refractivity contribution in [3.05, 3.63) is 28.0 Å². The summed E-state index contributed by atoms with van der Waals surface area (Å²) in [5.41, 5.74) is 0. The lowest BCUT2D eigenvalue weighted by molar-refractivity contribution is -0.402. The number of carbonyl (C=O) groups excluding carboxylic acids is 1. The minimum absolute atomic E-state index is 0.0984. The van der Waals surface area contributed by atoms with Gasteiger partial charge in [-0.2, -0.15) is 0 Å². The van der Waals surface area contributed by atoms with Crippen LogP contribution in [0.5, 0.6) is 0 Å². The van der Waals surface area contributed by atoms with Gasteiger partial charge in [0.25, 0.3) is 5.91 Å². The summed E-state index contributed by atoms with van der Waals surface area (Å²) in [4.78, 5) is 21.1. The largest absolute Gasteiger partial charge is 0.433 e. The maximum absolute atomic E-state index is 11.5. The first-order chi connectivity index (χ1) is 8.04. The number of aliphatic hydroxyl groups is 1. The standard InChI is InChI=1S/C10H14N2O5/c1-2-3-7(13)6-11-10(14)8-4-5-9(17-8)12(15)16/h4-5,7,13H,2-3,6H2,1H3,(H,11,14). The predicted molar refractivity (Wildman–Crippen MR) is 58.6 cm³/mol. The van der Waals surface area contributed by atoms with E-state index in [0.29, 0.717) is 6.42 Å². The number of hydrogen-bond acceptors (Lipinski definition) is 5. The number of hydrogen-bond donors (Lipinski definition) is 2. The number of nitro groups is 1. The van der Waals surface area contributed by atoms with Crippen LogP contribution < -0.4 is 5.32 Å². The van der Waals surface area contributed by atoms with Crippen LogP contribution in [-0.2, 0) is 0 Å². The number of amides is 1. The molecule has 0 saturated carbocycles. The minimum Gasteiger partial charge on any atom is -0.395 e. The molecule has 2 N–H and O–H groups in total. The zero-order valence-corrected chi connectivity index (χ0v) is 9.38. The lowest BCUT2D eigenvalue weighted by Crippen LogP contribution is -2.31. The van der Waals surface area contributed by atoms with Crippen LogP contribution in [0.2, 0.25) is 0 Å². The van der Waals surface area contributed by atoms with Gasteiger partial charge in [-0.15, -0.1) is 0 Å². The van der Waals surface area contributed by atoms with E-state index in [-0.39, 0.29) is 12.3 Å². The van der Waals surface area contributed by atoms with Gasteiger partial charge < -0.3 is 14.8 Å². The quantitative estimate of drug-likeness (QED) is 0.573. The van der Waals surface area contributed by atoms with Crippen molar-refractivity contribution in [2.75, 3.05) is 6.54 Å². The first-order valence-corrected chi connectivity index (χ1v) is 5.25. The van der Waals surface area contributed by atoms with Crippen LogP contribution in [0.3, 0.4) is 0 Å². The molecule has 7 nitrogen and oxygen atoms in total. The highest BCUT2D eigenvalue weighted by molar-refractivity contribution is 5.91. The Morgan fingerprint density at radius 1 is 1.65 bits per heavy atom. The van der Waals surface area contributed by atoms with Crippen molar-refractivity contribution in [3.63, 3.8) is 0 Å². The summed E-state index contributed by atoms with van der Waals surface area (Å²) in [5, 5.41) is 22.1. The molecule has 1 aromatic rings. The molecule has 0 spiro atoms. The molecule has 94 valence electrons. The summed E-state index contributed by atoms with van der Waals surface area (Å²) in [7, 11) is 0. The van der Waals surface area contributed by atoms with Gasteiger partial charge in [0, 0.05) is 6.54 Å². The van der Waals surface area contributed by atoms with E-state index >= 15 is 0 Å². The molecule has 1 heterocycles. The van der Waals surface area contributed by atoms with Crippen LogP contribution in [0.1, 0.15) is 30.3 Å². The van der Waals surface area contributed by atoms with Crippen molar-refractivity contribution in [2.24, 2.45) is 0 Å². The molecule has 0 radical (unpaired) electrons. The zero-order valence-electron chi connectivity index (χ0n) is 9.38. The summed E-state index contributed by atoms with van der Waals surface area (Å²) in [6.45, 7) is 2.02. The maximum atomic E-state index is 11.5. The van der Waals surface area contributed by atoms with Gasteiger partial charge in [0.2, 0.25) is 0 Å². The molecule has 0 aliphatic heterocycles. The molecule has 0 saturated heterocycles. The first kappa shape index (κ1) is 13.2. The molecule has 1 aromatic heterocycles. The first-order valence-electron chi connectivity index (χ1n) is 5.25. The van der Waals surface area contributed by atoms with Gasteiger partial charge in [-0.1, -0.05) is 13.3 Å². The van der Waals surface area contributed by atoms with E-state index in [1.54, 1.807) is 0 Å². The summed E-state index contributed by atoms with van der Waals surface area (Å²) < 4.78 is 4.71. The summed E-state index contributed by atoms with van der Waals surface area (Å²) >= 11 is 0. The molecule has 17 heavy (non-hydrogen) atoms. The van der Waals surface area contributed by atoms with Crippen molar-refractivity contribution < 1.29 is 19.2 Å². The van der Waals surface area contributed by atoms with Crippen molar-refractivity contribution in [1.82, 2.24) is 5.32 Å². The number of nitrogens with one attached hydrogen (secondary N) is 1. The Labute approximate surface area is 97.6 Å². The van der Waals surface area contributed by atoms with Crippen LogP contribution >= 0.6 is 0 Å². The highest BCUT2D eigenvalue weighted by Crippen LogP contribution is 2.15. The third kappa shape index (κ3) is 3.87. The lowest BCUT2D eigenvalue weighted by atomic mass is 10.2. The lowest BCUT2D eigenvalue weighted by Gasteiger charge is -2.09. The molecule has 1 unspecified atom stereocenters. The summed E-state index contributed by atoms with van der Waals surface area (Å²) in [5.74, 6) is -1.20. The fourth-order valence-corrected chi connectivity index (χ4v) is 1.28. The normalized spacial score (nSPS) is 12.1. The molecule has 0 aliphatic rings. The van der Waals surface area contributed by atoms with Crippen LogP contribution in [0.15, 0.2) is 16.5 Å². The van der Waals surface area contributed by atoms with Crippen molar-refractivity contribution in [2.45, 2.75) is 25.9 Å². The van der Waals surface area contributed by atoms with Crippen LogP contribution in [0.25, 0.3) is 0 Å². The van der Waals surface area contributed by atoms with E-state index < -0.39 is 22.8 Å². The Hall–Kier alpha value is -1.89. The van der Waals surface area contributed by atoms with Crippen molar-refractivity contribution in [1.29, 1.82) is 0 Å². The Kier molecular flexibility index (Phi) is 4.65. The highest BCUT2D eigenvalue weighted by atomic mass is 16.6. The molecule has 0 aliphatic carbocycles. The van der Waals surface area contributed by atoms with Gasteiger partial charge in [-0.25, -0.2) is 0 Å². The predicted octanol–water partition coefficient (Wildman–Crippen LogP) is 1.08. The number of rotatable bonds is 6. The fraction of sp³-hybridized carbons (Fsp3) is 0.500. The maximum Gasteiger partial charge on any atom is 0.433 e. The Morgan fingerprint density at radius 3 is 2.88 bits per heavy atom. The van der Waals surface area contributed by atoms with E-state index in [0.717, 1.165) is 12.5 Å². The van der Waals surface area contributed by atoms with Crippen molar-refractivity contribution >= 4 is 11.8 Å². The van der Waals surface area contributed by atoms with E-state index in [1.165, 1.54) is 6.07 Å². The molecule has 0 aromatic carbocycles. The van der Waals surface area contributed by atoms with Gasteiger partial charge in [0.05, 0.1) is 12.2 Å². The molecule has 7 heteroatoms. The second-order valence-electron chi connectivity index (χ2n) is 3.55. The average Bonchev–Trinajstić information content (AvgIpc) is 2.75. The van der Waals surface area contributed by atoms with E-state index in [4.69, 9.17) is 4.42 Å². The fourth-order valence-electron chi connectivity index (χ4n) is 1.28. The Morgan fingerprint density at radius 2 is 2.35 bits per heavy atom. The van der Waals surface area contributed by atoms with Gasteiger partial charge in [0.1, 0.15) is 4.92 Å². The average molecular weight is 242 g/mol. The topological polar surface area (TPSA) is 106 Å². The zero-order chi connectivity index (χ0) is 12.8. The van der Waals surface area contributed by atoms with E-state index in [2.05, 4.69) is 5.32 Å². The smallest absolute Gasteiger partial charge is 0.395 e. The van der Waals surface area contributed by atoms with Crippen LogP contribution in [0.4, 0.5) is 5.88 Å². The highest BCUT2D eigenvalue weighted by Gasteiger charge is 2.17. The Balaban J connectivity index is 2.49. The molecule has 0 fully saturated rings. The monoisotopic (exact) mass is 242 g/mol. The third-order valence-corrected chi connectivity index (χ3v) is 2.12. The molecule has 1 rings (SSSR count). The number of nitrogens with zero attached hydrogens (tertiary/aromatic N) is 1. The summed E-state index contributed by atoms with van der Waals surface area (Å²) in [6.07, 6.45) is 0.774. The molecule has 0 bridgehead atoms. The van der Waals surface area contributed by atoms with Crippen LogP contribution in [0, 0.1) is 10.1 Å². The second kappa shape index (κ2) is 6.00. The molecular formula is C10H14N2O5.